The maximum Gasteiger partial charge on any atom is 0.260 e. The van der Waals surface area contributed by atoms with Crippen LogP contribution < -0.4 is 5.32 Å². The summed E-state index contributed by atoms with van der Waals surface area (Å²) in [6.45, 7) is 2.96. The first-order valence-electron chi connectivity index (χ1n) is 11.3. The average Bonchev–Trinajstić information content (AvgIpc) is 2.76. The lowest BCUT2D eigenvalue weighted by molar-refractivity contribution is -0.131. The molecule has 0 bridgehead atoms. The molecular weight excluding hydrogens is 448 g/mol. The van der Waals surface area contributed by atoms with Crippen LogP contribution in [0.15, 0.2) is 29.2 Å². The number of benzene rings is 1. The molecule has 2 amide bonds. The third kappa shape index (κ3) is 6.93. The van der Waals surface area contributed by atoms with E-state index in [2.05, 4.69) is 12.2 Å². The first kappa shape index (κ1) is 24.5. The number of thioether (sulfide) groups is 2. The number of carbonyl (C=O) groups is 2. The van der Waals surface area contributed by atoms with Crippen LogP contribution >= 0.6 is 35.1 Å². The van der Waals surface area contributed by atoms with Crippen molar-refractivity contribution in [3.63, 3.8) is 0 Å². The number of nitrogens with zero attached hydrogens (tertiary/aromatic N) is 1. The quantitative estimate of drug-likeness (QED) is 0.376. The summed E-state index contributed by atoms with van der Waals surface area (Å²) >= 11 is 9.72. The van der Waals surface area contributed by atoms with E-state index in [1.165, 1.54) is 18.6 Å². The molecule has 0 aromatic heterocycles. The number of hydrogen-bond acceptors (Lipinski definition) is 4. The van der Waals surface area contributed by atoms with Gasteiger partial charge in [-0.3, -0.25) is 9.59 Å². The number of fused-ring (bicyclic) bond motifs is 1. The summed E-state index contributed by atoms with van der Waals surface area (Å²) in [6, 6.07) is 7.68. The van der Waals surface area contributed by atoms with E-state index in [9.17, 15) is 9.59 Å². The summed E-state index contributed by atoms with van der Waals surface area (Å²) in [6.07, 6.45) is 8.04. The molecule has 1 saturated heterocycles. The van der Waals surface area contributed by atoms with Crippen molar-refractivity contribution in [3.8, 4) is 0 Å². The van der Waals surface area contributed by atoms with Gasteiger partial charge in [-0.05, 0) is 67.4 Å². The number of amides is 2. The van der Waals surface area contributed by atoms with Crippen LogP contribution in [0, 0.1) is 5.92 Å². The molecule has 1 aromatic carbocycles. The largest absolute Gasteiger partial charge is 0.356 e. The third-order valence-electron chi connectivity index (χ3n) is 5.99. The lowest BCUT2D eigenvalue weighted by atomic mass is 9.83. The first-order chi connectivity index (χ1) is 15.0. The fourth-order valence-corrected chi connectivity index (χ4v) is 6.89. The van der Waals surface area contributed by atoms with Gasteiger partial charge in [-0.1, -0.05) is 37.1 Å². The monoisotopic (exact) mass is 480 g/mol. The molecule has 3 atom stereocenters. The minimum absolute atomic E-state index is 0.00306. The molecule has 1 aliphatic carbocycles. The van der Waals surface area contributed by atoms with E-state index in [4.69, 9.17) is 11.6 Å². The number of hydrogen-bond donors (Lipinski definition) is 1. The highest BCUT2D eigenvalue weighted by Crippen LogP contribution is 2.43. The number of unbranched alkanes of at least 4 members (excludes halogenated alkanes) is 1. The molecule has 3 rings (SSSR count). The Labute approximate surface area is 199 Å². The SMILES string of the molecule is CCCCSCCCNC(=O)C1CCC2S/C(=C\c3cccc(Cl)c3)C(=O)N(C)C2C1. The van der Waals surface area contributed by atoms with Gasteiger partial charge in [0, 0.05) is 35.8 Å². The van der Waals surface area contributed by atoms with Crippen molar-refractivity contribution in [3.05, 3.63) is 39.8 Å². The highest BCUT2D eigenvalue weighted by atomic mass is 35.5. The summed E-state index contributed by atoms with van der Waals surface area (Å²) in [4.78, 5) is 28.3. The van der Waals surface area contributed by atoms with Gasteiger partial charge >= 0.3 is 0 Å². The van der Waals surface area contributed by atoms with Gasteiger partial charge < -0.3 is 10.2 Å². The number of carbonyl (C=O) groups excluding carboxylic acids is 2. The topological polar surface area (TPSA) is 49.4 Å². The van der Waals surface area contributed by atoms with E-state index in [1.54, 1.807) is 11.8 Å². The molecule has 1 aliphatic heterocycles. The van der Waals surface area contributed by atoms with Crippen molar-refractivity contribution in [1.29, 1.82) is 0 Å². The Hall–Kier alpha value is -1.11. The van der Waals surface area contributed by atoms with Crippen molar-refractivity contribution in [2.45, 2.75) is 56.7 Å². The van der Waals surface area contributed by atoms with Crippen molar-refractivity contribution in [2.24, 2.45) is 5.92 Å². The molecule has 1 N–H and O–H groups in total. The fraction of sp³-hybridized carbons (Fsp3) is 0.583. The van der Waals surface area contributed by atoms with E-state index in [-0.39, 0.29) is 23.8 Å². The van der Waals surface area contributed by atoms with Gasteiger partial charge in [0.25, 0.3) is 5.91 Å². The molecule has 0 radical (unpaired) electrons. The van der Waals surface area contributed by atoms with E-state index in [0.717, 1.165) is 48.4 Å². The summed E-state index contributed by atoms with van der Waals surface area (Å²) in [7, 11) is 1.87. The Morgan fingerprint density at radius 3 is 2.90 bits per heavy atom. The zero-order valence-corrected chi connectivity index (χ0v) is 20.8. The summed E-state index contributed by atoms with van der Waals surface area (Å²) in [5, 5.41) is 4.13. The molecule has 4 nitrogen and oxygen atoms in total. The molecule has 7 heteroatoms. The van der Waals surface area contributed by atoms with Crippen LogP contribution in [0.25, 0.3) is 6.08 Å². The molecule has 31 heavy (non-hydrogen) atoms. The maximum atomic E-state index is 13.0. The molecule has 3 unspecified atom stereocenters. The van der Waals surface area contributed by atoms with Crippen LogP contribution in [-0.4, -0.2) is 53.1 Å². The van der Waals surface area contributed by atoms with Gasteiger partial charge in [0.1, 0.15) is 0 Å². The Morgan fingerprint density at radius 1 is 1.32 bits per heavy atom. The fourth-order valence-electron chi connectivity index (χ4n) is 4.16. The average molecular weight is 481 g/mol. The Morgan fingerprint density at radius 2 is 2.13 bits per heavy atom. The smallest absolute Gasteiger partial charge is 0.260 e. The summed E-state index contributed by atoms with van der Waals surface area (Å²) < 4.78 is 0. The van der Waals surface area contributed by atoms with Crippen LogP contribution in [0.2, 0.25) is 5.02 Å². The van der Waals surface area contributed by atoms with Crippen LogP contribution in [0.5, 0.6) is 0 Å². The van der Waals surface area contributed by atoms with Gasteiger partial charge in [-0.2, -0.15) is 11.8 Å². The molecule has 1 heterocycles. The molecule has 0 spiro atoms. The van der Waals surface area contributed by atoms with Gasteiger partial charge in [-0.15, -0.1) is 11.8 Å². The minimum Gasteiger partial charge on any atom is -0.356 e. The van der Waals surface area contributed by atoms with E-state index >= 15 is 0 Å². The van der Waals surface area contributed by atoms with Crippen molar-refractivity contribution >= 4 is 53.0 Å². The number of halogens is 1. The van der Waals surface area contributed by atoms with Gasteiger partial charge in [0.15, 0.2) is 0 Å². The van der Waals surface area contributed by atoms with E-state index < -0.39 is 0 Å². The molecular formula is C24H33ClN2O2S2. The zero-order chi connectivity index (χ0) is 22.2. The highest BCUT2D eigenvalue weighted by Gasteiger charge is 2.42. The standard InChI is InChI=1S/C24H33ClN2O2S2/c1-3-4-12-30-13-6-11-26-23(28)18-9-10-21-20(16-18)27(2)24(29)22(31-21)15-17-7-5-8-19(25)14-17/h5,7-8,14-15,18,20-21H,3-4,6,9-13,16H2,1-2H3,(H,26,28)/b22-15-. The molecule has 1 saturated carbocycles. The Balaban J connectivity index is 1.51. The molecule has 170 valence electrons. The predicted molar refractivity (Wildman–Crippen MR) is 135 cm³/mol. The second-order valence-electron chi connectivity index (χ2n) is 8.32. The number of rotatable bonds is 9. The number of likely N-dealkylation sites (N-methyl/N-ethyl adjacent to an activating group) is 1. The summed E-state index contributed by atoms with van der Waals surface area (Å²) in [5.41, 5.74) is 0.941. The second-order valence-corrected chi connectivity index (χ2v) is 11.3. The van der Waals surface area contributed by atoms with Gasteiger partial charge in [-0.25, -0.2) is 0 Å². The molecule has 2 fully saturated rings. The zero-order valence-electron chi connectivity index (χ0n) is 18.4. The Kier molecular flexibility index (Phi) is 9.67. The minimum atomic E-state index is 0.00306. The Bertz CT molecular complexity index is 802. The van der Waals surface area contributed by atoms with Crippen molar-refractivity contribution in [1.82, 2.24) is 10.2 Å². The predicted octanol–water partition coefficient (Wildman–Crippen LogP) is 5.46. The molecule has 2 aliphatic rings. The lowest BCUT2D eigenvalue weighted by Crippen LogP contribution is -2.52. The van der Waals surface area contributed by atoms with Crippen LogP contribution in [0.3, 0.4) is 0 Å². The van der Waals surface area contributed by atoms with E-state index in [0.29, 0.717) is 10.3 Å². The third-order valence-corrected chi connectivity index (χ3v) is 8.77. The highest BCUT2D eigenvalue weighted by molar-refractivity contribution is 8.04. The lowest BCUT2D eigenvalue weighted by Gasteiger charge is -2.44. The first-order valence-corrected chi connectivity index (χ1v) is 13.7. The second kappa shape index (κ2) is 12.2. The number of nitrogens with one attached hydrogen (secondary N) is 1. The van der Waals surface area contributed by atoms with Crippen LogP contribution in [0.4, 0.5) is 0 Å². The van der Waals surface area contributed by atoms with Crippen LogP contribution in [0.1, 0.15) is 51.0 Å². The maximum absolute atomic E-state index is 13.0. The van der Waals surface area contributed by atoms with Crippen molar-refractivity contribution in [2.75, 3.05) is 25.1 Å². The van der Waals surface area contributed by atoms with Crippen molar-refractivity contribution < 1.29 is 9.59 Å². The van der Waals surface area contributed by atoms with Crippen LogP contribution in [-0.2, 0) is 9.59 Å². The normalized spacial score (nSPS) is 24.9. The van der Waals surface area contributed by atoms with Gasteiger partial charge in [0.05, 0.1) is 4.91 Å². The molecule has 1 aromatic rings. The van der Waals surface area contributed by atoms with Gasteiger partial charge in [0.2, 0.25) is 5.91 Å². The van der Waals surface area contributed by atoms with E-state index in [1.807, 2.05) is 54.1 Å². The summed E-state index contributed by atoms with van der Waals surface area (Å²) in [5.74, 6) is 2.51.